The second kappa shape index (κ2) is 8.07. The van der Waals surface area contributed by atoms with Gasteiger partial charge in [0.2, 0.25) is 0 Å². The highest BCUT2D eigenvalue weighted by Crippen LogP contribution is 2.41. The highest BCUT2D eigenvalue weighted by molar-refractivity contribution is 7.26. The Balaban J connectivity index is 1.34. The van der Waals surface area contributed by atoms with Crippen LogP contribution >= 0.6 is 11.3 Å². The zero-order valence-corrected chi connectivity index (χ0v) is 22.9. The lowest BCUT2D eigenvalue weighted by atomic mass is 9.96. The summed E-state index contributed by atoms with van der Waals surface area (Å²) in [5.74, 6) is 2.70. The van der Waals surface area contributed by atoms with Crippen molar-refractivity contribution in [3.63, 3.8) is 0 Å². The molecule has 39 heavy (non-hydrogen) atoms. The van der Waals surface area contributed by atoms with Crippen molar-refractivity contribution < 1.29 is 0 Å². The molecule has 0 saturated carbocycles. The molecule has 0 aliphatic carbocycles. The third kappa shape index (κ3) is 3.26. The molecule has 6 nitrogen and oxygen atoms in total. The second-order valence-corrected chi connectivity index (χ2v) is 12.1. The zero-order valence-electron chi connectivity index (χ0n) is 22.1. The number of benzene rings is 4. The SMILES string of the molecule is CC(C)c1nc2c(ccc3c4ccc(-c5ccc6c(c5)c5cnncc5c5nc(C(C)C)[nH]c65)cc4sc32)[nH]1. The summed E-state index contributed by atoms with van der Waals surface area (Å²) in [6.45, 7) is 8.66. The van der Waals surface area contributed by atoms with Gasteiger partial charge in [-0.05, 0) is 34.7 Å². The molecule has 0 saturated heterocycles. The van der Waals surface area contributed by atoms with Crippen molar-refractivity contribution in [2.24, 2.45) is 0 Å². The van der Waals surface area contributed by atoms with Gasteiger partial charge in [0.05, 0.1) is 33.6 Å². The number of H-pyrrole nitrogens is 2. The Kier molecular flexibility index (Phi) is 4.68. The van der Waals surface area contributed by atoms with Crippen LogP contribution in [-0.2, 0) is 0 Å². The Hall–Kier alpha value is -4.36. The Bertz CT molecular complexity index is 2250. The maximum absolute atomic E-state index is 4.95. The number of imidazole rings is 2. The molecule has 0 fully saturated rings. The van der Waals surface area contributed by atoms with Crippen LogP contribution in [-0.4, -0.2) is 30.1 Å². The Labute approximate surface area is 228 Å². The van der Waals surface area contributed by atoms with Gasteiger partial charge in [-0.3, -0.25) is 0 Å². The van der Waals surface area contributed by atoms with Gasteiger partial charge in [-0.1, -0.05) is 58.0 Å². The van der Waals surface area contributed by atoms with Gasteiger partial charge in [0.15, 0.2) is 0 Å². The molecule has 0 atom stereocenters. The van der Waals surface area contributed by atoms with E-state index in [2.05, 4.69) is 96.4 Å². The van der Waals surface area contributed by atoms with E-state index in [4.69, 9.17) is 9.97 Å². The number of thiophene rings is 1. The Morgan fingerprint density at radius 1 is 0.615 bits per heavy atom. The molecule has 0 bridgehead atoms. The molecule has 7 heteroatoms. The van der Waals surface area contributed by atoms with Crippen LogP contribution in [0.4, 0.5) is 0 Å². The highest BCUT2D eigenvalue weighted by atomic mass is 32.1. The van der Waals surface area contributed by atoms with Crippen LogP contribution < -0.4 is 0 Å². The van der Waals surface area contributed by atoms with Gasteiger partial charge < -0.3 is 9.97 Å². The fourth-order valence-corrected chi connectivity index (χ4v) is 6.96. The van der Waals surface area contributed by atoms with Gasteiger partial charge in [0.25, 0.3) is 0 Å². The maximum atomic E-state index is 4.95. The van der Waals surface area contributed by atoms with E-state index < -0.39 is 0 Å². The van der Waals surface area contributed by atoms with Gasteiger partial charge in [-0.15, -0.1) is 11.3 Å². The zero-order chi connectivity index (χ0) is 26.4. The van der Waals surface area contributed by atoms with Crippen LogP contribution in [0.2, 0.25) is 0 Å². The number of aromatic nitrogens is 6. The summed E-state index contributed by atoms with van der Waals surface area (Å²) in [5.41, 5.74) is 6.56. The highest BCUT2D eigenvalue weighted by Gasteiger charge is 2.17. The van der Waals surface area contributed by atoms with Crippen molar-refractivity contribution >= 4 is 75.1 Å². The minimum absolute atomic E-state index is 0.310. The minimum Gasteiger partial charge on any atom is -0.342 e. The largest absolute Gasteiger partial charge is 0.342 e. The third-order valence-electron chi connectivity index (χ3n) is 7.82. The van der Waals surface area contributed by atoms with Crippen molar-refractivity contribution in [1.29, 1.82) is 0 Å². The molecule has 0 aliphatic heterocycles. The van der Waals surface area contributed by atoms with E-state index in [-0.39, 0.29) is 0 Å². The number of nitrogens with one attached hydrogen (secondary N) is 2. The number of nitrogens with zero attached hydrogens (tertiary/aromatic N) is 4. The van der Waals surface area contributed by atoms with E-state index in [9.17, 15) is 0 Å². The van der Waals surface area contributed by atoms with E-state index in [1.165, 1.54) is 31.3 Å². The minimum atomic E-state index is 0.310. The molecule has 8 aromatic rings. The molecule has 4 aromatic heterocycles. The van der Waals surface area contributed by atoms with Gasteiger partial charge in [0, 0.05) is 43.5 Å². The van der Waals surface area contributed by atoms with Crippen LogP contribution in [0.3, 0.4) is 0 Å². The van der Waals surface area contributed by atoms with Crippen LogP contribution in [0.5, 0.6) is 0 Å². The number of hydrogen-bond acceptors (Lipinski definition) is 5. The molecular weight excluding hydrogens is 500 g/mol. The monoisotopic (exact) mass is 526 g/mol. The molecule has 0 spiro atoms. The standard InChI is InChI=1S/C32H26N6S/c1-15(2)31-35-25-10-9-21-19-7-5-18(12-26(19)39-30(21)29(25)38-31)17-6-8-20-22(11-17)23-13-33-34-14-24(23)28-27(20)36-32(37-28)16(3)4/h5-16H,1-4H3,(H,35,38)(H,36,37). The van der Waals surface area contributed by atoms with Crippen LogP contribution in [0.1, 0.15) is 51.2 Å². The molecule has 0 radical (unpaired) electrons. The van der Waals surface area contributed by atoms with Crippen LogP contribution in [0.15, 0.2) is 60.9 Å². The number of hydrogen-bond donors (Lipinski definition) is 2. The molecule has 4 heterocycles. The first-order chi connectivity index (χ1) is 19.0. The van der Waals surface area contributed by atoms with Crippen molar-refractivity contribution in [2.45, 2.75) is 39.5 Å². The maximum Gasteiger partial charge on any atom is 0.109 e. The Morgan fingerprint density at radius 3 is 2.08 bits per heavy atom. The molecule has 0 amide bonds. The molecule has 190 valence electrons. The number of fused-ring (bicyclic) bond motifs is 11. The van der Waals surface area contributed by atoms with E-state index in [1.807, 2.05) is 23.7 Å². The lowest BCUT2D eigenvalue weighted by Crippen LogP contribution is -1.88. The first kappa shape index (κ1) is 22.6. The summed E-state index contributed by atoms with van der Waals surface area (Å²) in [4.78, 5) is 17.0. The summed E-state index contributed by atoms with van der Waals surface area (Å²) >= 11 is 1.82. The topological polar surface area (TPSA) is 83.1 Å². The summed E-state index contributed by atoms with van der Waals surface area (Å²) in [6, 6.07) is 17.9. The number of aromatic amines is 2. The van der Waals surface area contributed by atoms with Gasteiger partial charge in [-0.2, -0.15) is 10.2 Å². The van der Waals surface area contributed by atoms with Gasteiger partial charge >= 0.3 is 0 Å². The first-order valence-electron chi connectivity index (χ1n) is 13.4. The fraction of sp³-hybridized carbons (Fsp3) is 0.188. The summed E-state index contributed by atoms with van der Waals surface area (Å²) < 4.78 is 2.51. The molecule has 0 aliphatic rings. The van der Waals surface area contributed by atoms with E-state index in [0.717, 1.165) is 55.3 Å². The van der Waals surface area contributed by atoms with E-state index >= 15 is 0 Å². The lowest BCUT2D eigenvalue weighted by Gasteiger charge is -2.08. The normalized spacial score (nSPS) is 12.6. The van der Waals surface area contributed by atoms with Crippen LogP contribution in [0.25, 0.3) is 74.9 Å². The third-order valence-corrected chi connectivity index (χ3v) is 9.00. The van der Waals surface area contributed by atoms with Gasteiger partial charge in [0.1, 0.15) is 17.2 Å². The van der Waals surface area contributed by atoms with Crippen molar-refractivity contribution in [2.75, 3.05) is 0 Å². The predicted octanol–water partition coefficient (Wildman–Crippen LogP) is 8.82. The molecule has 2 N–H and O–H groups in total. The predicted molar refractivity (Wildman–Crippen MR) is 163 cm³/mol. The second-order valence-electron chi connectivity index (χ2n) is 11.0. The van der Waals surface area contributed by atoms with E-state index in [0.29, 0.717) is 11.8 Å². The summed E-state index contributed by atoms with van der Waals surface area (Å²) in [7, 11) is 0. The average Bonchev–Trinajstić information content (AvgIpc) is 3.67. The molecule has 8 rings (SSSR count). The molecule has 0 unspecified atom stereocenters. The first-order valence-corrected chi connectivity index (χ1v) is 14.2. The molecular formula is C32H26N6S. The number of rotatable bonds is 3. The van der Waals surface area contributed by atoms with Crippen LogP contribution in [0, 0.1) is 0 Å². The van der Waals surface area contributed by atoms with Crippen molar-refractivity contribution in [1.82, 2.24) is 30.1 Å². The van der Waals surface area contributed by atoms with E-state index in [1.54, 1.807) is 0 Å². The van der Waals surface area contributed by atoms with Crippen molar-refractivity contribution in [3.8, 4) is 11.1 Å². The smallest absolute Gasteiger partial charge is 0.109 e. The lowest BCUT2D eigenvalue weighted by molar-refractivity contribution is 0.799. The molecule has 4 aromatic carbocycles. The average molecular weight is 527 g/mol. The summed E-state index contributed by atoms with van der Waals surface area (Å²) in [5, 5.41) is 15.3. The quantitative estimate of drug-likeness (QED) is 0.225. The van der Waals surface area contributed by atoms with Crippen molar-refractivity contribution in [3.05, 3.63) is 72.6 Å². The summed E-state index contributed by atoms with van der Waals surface area (Å²) in [6.07, 6.45) is 3.69. The van der Waals surface area contributed by atoms with Gasteiger partial charge in [-0.25, -0.2) is 9.97 Å². The Morgan fingerprint density at radius 2 is 1.28 bits per heavy atom. The fourth-order valence-electron chi connectivity index (χ4n) is 5.72.